The lowest BCUT2D eigenvalue weighted by Crippen LogP contribution is -2.40. The van der Waals surface area contributed by atoms with Gasteiger partial charge in [-0.15, -0.1) is 11.3 Å². The lowest BCUT2D eigenvalue weighted by atomic mass is 10.2. The van der Waals surface area contributed by atoms with Gasteiger partial charge >= 0.3 is 17.8 Å². The van der Waals surface area contributed by atoms with Crippen LogP contribution in [0.1, 0.15) is 10.4 Å². The van der Waals surface area contributed by atoms with E-state index in [4.69, 9.17) is 11.6 Å². The van der Waals surface area contributed by atoms with E-state index in [1.807, 2.05) is 13.0 Å². The van der Waals surface area contributed by atoms with Crippen molar-refractivity contribution >= 4 is 46.5 Å². The van der Waals surface area contributed by atoms with E-state index in [1.54, 1.807) is 42.3 Å². The van der Waals surface area contributed by atoms with Crippen LogP contribution in [0, 0.1) is 6.92 Å². The van der Waals surface area contributed by atoms with E-state index in [1.165, 1.54) is 11.3 Å². The number of amides is 4. The van der Waals surface area contributed by atoms with Gasteiger partial charge in [-0.1, -0.05) is 29.3 Å². The number of aryl methyl sites for hydroxylation is 1. The average molecular weight is 378 g/mol. The van der Waals surface area contributed by atoms with Gasteiger partial charge in [0.05, 0.1) is 16.7 Å². The molecule has 4 amide bonds. The average Bonchev–Trinajstić information content (AvgIpc) is 3.06. The molecule has 0 atom stereocenters. The zero-order chi connectivity index (χ0) is 18.1. The number of nitrogens with zero attached hydrogens (tertiary/aromatic N) is 3. The van der Waals surface area contributed by atoms with E-state index in [-0.39, 0.29) is 6.67 Å². The van der Waals surface area contributed by atoms with Crippen molar-refractivity contribution in [2.45, 2.75) is 13.5 Å². The summed E-state index contributed by atoms with van der Waals surface area (Å²) in [6.07, 6.45) is 0. The Bertz CT molecular complexity index is 834. The van der Waals surface area contributed by atoms with Gasteiger partial charge in [-0.2, -0.15) is 0 Å². The number of thiophene rings is 1. The summed E-state index contributed by atoms with van der Waals surface area (Å²) in [6.45, 7) is 2.45. The van der Waals surface area contributed by atoms with Crippen LogP contribution in [0.5, 0.6) is 0 Å². The van der Waals surface area contributed by atoms with Gasteiger partial charge in [0.1, 0.15) is 0 Å². The molecule has 0 spiro atoms. The third-order valence-corrected chi connectivity index (χ3v) is 5.00. The highest BCUT2D eigenvalue weighted by Crippen LogP contribution is 2.24. The highest BCUT2D eigenvalue weighted by atomic mass is 35.5. The van der Waals surface area contributed by atoms with Crippen molar-refractivity contribution in [2.24, 2.45) is 0 Å². The van der Waals surface area contributed by atoms with Crippen molar-refractivity contribution in [1.29, 1.82) is 0 Å². The summed E-state index contributed by atoms with van der Waals surface area (Å²) in [7, 11) is 1.77. The monoisotopic (exact) mass is 377 g/mol. The molecule has 0 radical (unpaired) electrons. The van der Waals surface area contributed by atoms with Crippen molar-refractivity contribution in [3.05, 3.63) is 51.2 Å². The summed E-state index contributed by atoms with van der Waals surface area (Å²) in [4.78, 5) is 41.7. The zero-order valence-electron chi connectivity index (χ0n) is 13.7. The fourth-order valence-corrected chi connectivity index (χ4v) is 3.71. The number of rotatable bonds is 5. The van der Waals surface area contributed by atoms with E-state index in [0.29, 0.717) is 16.6 Å². The summed E-state index contributed by atoms with van der Waals surface area (Å²) in [6, 6.07) is 9.93. The Kier molecular flexibility index (Phi) is 4.89. The number of urea groups is 1. The van der Waals surface area contributed by atoms with Crippen molar-refractivity contribution in [3.63, 3.8) is 0 Å². The molecule has 25 heavy (non-hydrogen) atoms. The number of hydrogen-bond donors (Lipinski definition) is 0. The molecule has 1 saturated heterocycles. The third kappa shape index (κ3) is 3.58. The second-order valence-electron chi connectivity index (χ2n) is 5.85. The molecule has 1 fully saturated rings. The third-order valence-electron chi connectivity index (χ3n) is 3.78. The maximum absolute atomic E-state index is 12.6. The molecule has 130 valence electrons. The lowest BCUT2D eigenvalue weighted by Gasteiger charge is -2.22. The number of halogens is 1. The fourth-order valence-electron chi connectivity index (χ4n) is 2.55. The second kappa shape index (κ2) is 6.95. The van der Waals surface area contributed by atoms with E-state index in [9.17, 15) is 14.4 Å². The Balaban J connectivity index is 1.73. The summed E-state index contributed by atoms with van der Waals surface area (Å²) in [5.41, 5.74) is 1.39. The van der Waals surface area contributed by atoms with Crippen LogP contribution in [0.25, 0.3) is 0 Å². The molecule has 1 aromatic heterocycles. The minimum Gasteiger partial charge on any atom is -0.283 e. The van der Waals surface area contributed by atoms with E-state index >= 15 is 0 Å². The summed E-state index contributed by atoms with van der Waals surface area (Å²) < 4.78 is 0.678. The summed E-state index contributed by atoms with van der Waals surface area (Å²) in [5.74, 6) is -1.65. The molecule has 1 aliphatic heterocycles. The molecule has 6 nitrogen and oxygen atoms in total. The largest absolute Gasteiger partial charge is 0.340 e. The Hall–Kier alpha value is -2.22. The summed E-state index contributed by atoms with van der Waals surface area (Å²) in [5, 5.41) is 0. The minimum atomic E-state index is -0.832. The van der Waals surface area contributed by atoms with E-state index < -0.39 is 17.8 Å². The number of anilines is 1. The molecule has 2 heterocycles. The van der Waals surface area contributed by atoms with Gasteiger partial charge in [-0.25, -0.2) is 14.6 Å². The number of hydrogen-bond acceptors (Lipinski definition) is 5. The quantitative estimate of drug-likeness (QED) is 0.593. The van der Waals surface area contributed by atoms with Crippen LogP contribution < -0.4 is 4.90 Å². The first-order valence-electron chi connectivity index (χ1n) is 7.56. The predicted octanol–water partition coefficient (Wildman–Crippen LogP) is 3.09. The van der Waals surface area contributed by atoms with Crippen LogP contribution in [0.4, 0.5) is 10.5 Å². The number of carbonyl (C=O) groups excluding carboxylic acids is 3. The maximum Gasteiger partial charge on any atom is 0.340 e. The van der Waals surface area contributed by atoms with E-state index in [0.717, 1.165) is 20.2 Å². The normalized spacial score (nSPS) is 15.0. The standard InChI is InChI=1S/C17H16ClN3O3S/c1-11-3-5-12(6-4-11)21-16(23)15(22)20(17(21)24)10-19(2)9-13-7-8-14(18)25-13/h3-8H,9-10H2,1-2H3. The molecule has 0 bridgehead atoms. The van der Waals surface area contributed by atoms with Gasteiger partial charge in [-0.05, 0) is 38.2 Å². The Morgan fingerprint density at radius 1 is 1.04 bits per heavy atom. The molecule has 0 saturated carbocycles. The van der Waals surface area contributed by atoms with Gasteiger partial charge < -0.3 is 0 Å². The van der Waals surface area contributed by atoms with Gasteiger partial charge in [-0.3, -0.25) is 14.5 Å². The number of benzene rings is 1. The molecular formula is C17H16ClN3O3S. The van der Waals surface area contributed by atoms with Gasteiger partial charge in [0.2, 0.25) is 0 Å². The molecule has 8 heteroatoms. The highest BCUT2D eigenvalue weighted by molar-refractivity contribution is 7.16. The van der Waals surface area contributed by atoms with E-state index in [2.05, 4.69) is 0 Å². The first-order valence-corrected chi connectivity index (χ1v) is 8.75. The van der Waals surface area contributed by atoms with Crippen molar-refractivity contribution < 1.29 is 14.4 Å². The maximum atomic E-state index is 12.6. The Morgan fingerprint density at radius 3 is 2.32 bits per heavy atom. The van der Waals surface area contributed by atoms with Gasteiger partial charge in [0, 0.05) is 11.4 Å². The first kappa shape index (κ1) is 17.6. The lowest BCUT2D eigenvalue weighted by molar-refractivity contribution is -0.140. The van der Waals surface area contributed by atoms with Crippen LogP contribution in [-0.4, -0.2) is 41.4 Å². The first-order chi connectivity index (χ1) is 11.9. The van der Waals surface area contributed by atoms with Crippen molar-refractivity contribution in [3.8, 4) is 0 Å². The SMILES string of the molecule is Cc1ccc(N2C(=O)C(=O)N(CN(C)Cc3ccc(Cl)s3)C2=O)cc1. The molecule has 0 N–H and O–H groups in total. The highest BCUT2D eigenvalue weighted by Gasteiger charge is 2.45. The molecule has 0 unspecified atom stereocenters. The zero-order valence-corrected chi connectivity index (χ0v) is 15.3. The van der Waals surface area contributed by atoms with Crippen LogP contribution in [-0.2, 0) is 16.1 Å². The van der Waals surface area contributed by atoms with Crippen LogP contribution >= 0.6 is 22.9 Å². The van der Waals surface area contributed by atoms with Gasteiger partial charge in [0.15, 0.2) is 0 Å². The predicted molar refractivity (Wildman–Crippen MR) is 96.6 cm³/mol. The van der Waals surface area contributed by atoms with Crippen LogP contribution in [0.2, 0.25) is 4.34 Å². The van der Waals surface area contributed by atoms with Crippen LogP contribution in [0.15, 0.2) is 36.4 Å². The second-order valence-corrected chi connectivity index (χ2v) is 7.65. The topological polar surface area (TPSA) is 60.9 Å². The van der Waals surface area contributed by atoms with Crippen molar-refractivity contribution in [2.75, 3.05) is 18.6 Å². The molecular weight excluding hydrogens is 362 g/mol. The van der Waals surface area contributed by atoms with Gasteiger partial charge in [0.25, 0.3) is 0 Å². The minimum absolute atomic E-state index is 0.0291. The molecule has 1 aliphatic rings. The Labute approximate surface area is 154 Å². The Morgan fingerprint density at radius 2 is 1.72 bits per heavy atom. The molecule has 3 rings (SSSR count). The van der Waals surface area contributed by atoms with Crippen molar-refractivity contribution in [1.82, 2.24) is 9.80 Å². The fraction of sp³-hybridized carbons (Fsp3) is 0.235. The summed E-state index contributed by atoms with van der Waals surface area (Å²) >= 11 is 7.34. The van der Waals surface area contributed by atoms with Crippen LogP contribution in [0.3, 0.4) is 0 Å². The molecule has 1 aromatic carbocycles. The smallest absolute Gasteiger partial charge is 0.283 e. The molecule has 2 aromatic rings. The number of carbonyl (C=O) groups is 3. The molecule has 0 aliphatic carbocycles. The number of imide groups is 2.